The van der Waals surface area contributed by atoms with Gasteiger partial charge in [0.15, 0.2) is 0 Å². The molecule has 112 valence electrons. The van der Waals surface area contributed by atoms with E-state index >= 15 is 0 Å². The summed E-state index contributed by atoms with van der Waals surface area (Å²) in [7, 11) is 0. The lowest BCUT2D eigenvalue weighted by Crippen LogP contribution is -1.97. The molecule has 1 aromatic heterocycles. The number of carbonyl (C=O) groups excluding carboxylic acids is 1. The zero-order valence-corrected chi connectivity index (χ0v) is 13.9. The van der Waals surface area contributed by atoms with Gasteiger partial charge in [-0.25, -0.2) is 4.98 Å². The average molecular weight is 364 g/mol. The summed E-state index contributed by atoms with van der Waals surface area (Å²) in [6.45, 7) is 0. The molecule has 0 bridgehead atoms. The fourth-order valence-corrected chi connectivity index (χ4v) is 2.56. The average Bonchev–Trinajstić information content (AvgIpc) is 2.61. The predicted molar refractivity (Wildman–Crippen MR) is 97.2 cm³/mol. The van der Waals surface area contributed by atoms with Gasteiger partial charge < -0.3 is 0 Å². The number of benzene rings is 2. The summed E-state index contributed by atoms with van der Waals surface area (Å²) in [6, 6.07) is 23.6. The Balaban J connectivity index is 1.74. The maximum absolute atomic E-state index is 12.1. The Morgan fingerprint density at radius 2 is 1.52 bits per heavy atom. The Bertz CT molecular complexity index is 839. The maximum atomic E-state index is 12.1. The number of pyridine rings is 1. The first kappa shape index (κ1) is 15.4. The molecule has 0 amide bonds. The number of rotatable bonds is 4. The molecule has 2 aromatic carbocycles. The van der Waals surface area contributed by atoms with Crippen LogP contribution in [-0.2, 0) is 0 Å². The molecule has 1 heterocycles. The molecule has 2 nitrogen and oxygen atoms in total. The molecule has 3 heteroatoms. The molecule has 3 rings (SSSR count). The standard InChI is InChI=1S/C20H14BrNO/c21-20-8-4-7-18(22-20)19(23)14-11-15-9-12-17(13-10-15)16-5-2-1-3-6-16/h1-14H/b14-11+. The summed E-state index contributed by atoms with van der Waals surface area (Å²) >= 11 is 3.27. The van der Waals surface area contributed by atoms with Crippen molar-refractivity contribution in [3.05, 3.63) is 94.7 Å². The van der Waals surface area contributed by atoms with Gasteiger partial charge in [-0.15, -0.1) is 0 Å². The Kier molecular flexibility index (Phi) is 4.79. The molecule has 0 atom stereocenters. The molecule has 0 N–H and O–H groups in total. The second-order valence-corrected chi connectivity index (χ2v) is 5.84. The maximum Gasteiger partial charge on any atom is 0.204 e. The molecule has 0 unspecified atom stereocenters. The molecule has 3 aromatic rings. The third kappa shape index (κ3) is 4.02. The van der Waals surface area contributed by atoms with Crippen LogP contribution in [0.3, 0.4) is 0 Å². The molecule has 0 saturated carbocycles. The molecular formula is C20H14BrNO. The first-order valence-corrected chi connectivity index (χ1v) is 8.02. The molecule has 23 heavy (non-hydrogen) atoms. The number of carbonyl (C=O) groups is 1. The minimum absolute atomic E-state index is 0.113. The van der Waals surface area contributed by atoms with Crippen LogP contribution in [0.15, 0.2) is 83.5 Å². The van der Waals surface area contributed by atoms with E-state index in [0.717, 1.165) is 11.1 Å². The predicted octanol–water partition coefficient (Wildman–Crippen LogP) is 5.41. The Morgan fingerprint density at radius 3 is 2.22 bits per heavy atom. The Morgan fingerprint density at radius 1 is 0.826 bits per heavy atom. The number of aromatic nitrogens is 1. The quantitative estimate of drug-likeness (QED) is 0.352. The van der Waals surface area contributed by atoms with Gasteiger partial charge in [0.1, 0.15) is 10.3 Å². The molecule has 0 radical (unpaired) electrons. The van der Waals surface area contributed by atoms with Crippen molar-refractivity contribution in [3.63, 3.8) is 0 Å². The van der Waals surface area contributed by atoms with Crippen LogP contribution in [0.5, 0.6) is 0 Å². The smallest absolute Gasteiger partial charge is 0.204 e. The number of hydrogen-bond donors (Lipinski definition) is 0. The van der Waals surface area contributed by atoms with Crippen LogP contribution >= 0.6 is 15.9 Å². The van der Waals surface area contributed by atoms with Gasteiger partial charge >= 0.3 is 0 Å². The van der Waals surface area contributed by atoms with Crippen LogP contribution in [0.25, 0.3) is 17.2 Å². The number of ketones is 1. The molecule has 0 aliphatic heterocycles. The zero-order chi connectivity index (χ0) is 16.1. The van der Waals surface area contributed by atoms with Crippen molar-refractivity contribution < 1.29 is 4.79 Å². The Labute approximate surface area is 143 Å². The van der Waals surface area contributed by atoms with Crippen molar-refractivity contribution >= 4 is 27.8 Å². The topological polar surface area (TPSA) is 30.0 Å². The second-order valence-electron chi connectivity index (χ2n) is 5.03. The van der Waals surface area contributed by atoms with Gasteiger partial charge in [-0.1, -0.05) is 66.7 Å². The lowest BCUT2D eigenvalue weighted by molar-refractivity contribution is 0.104. The lowest BCUT2D eigenvalue weighted by Gasteiger charge is -2.01. The van der Waals surface area contributed by atoms with Crippen LogP contribution in [0.1, 0.15) is 16.1 Å². The van der Waals surface area contributed by atoms with Gasteiger partial charge in [0, 0.05) is 0 Å². The first-order valence-electron chi connectivity index (χ1n) is 7.23. The van der Waals surface area contributed by atoms with E-state index in [0.29, 0.717) is 10.3 Å². The van der Waals surface area contributed by atoms with Crippen molar-refractivity contribution in [1.29, 1.82) is 0 Å². The molecule has 0 aliphatic rings. The molecule has 0 fully saturated rings. The minimum Gasteiger partial charge on any atom is -0.288 e. The van der Waals surface area contributed by atoms with E-state index in [1.54, 1.807) is 30.4 Å². The van der Waals surface area contributed by atoms with Crippen molar-refractivity contribution in [2.75, 3.05) is 0 Å². The van der Waals surface area contributed by atoms with Gasteiger partial charge in [-0.05, 0) is 50.8 Å². The summed E-state index contributed by atoms with van der Waals surface area (Å²) < 4.78 is 0.656. The van der Waals surface area contributed by atoms with Gasteiger partial charge in [-0.3, -0.25) is 4.79 Å². The van der Waals surface area contributed by atoms with Gasteiger partial charge in [0.2, 0.25) is 5.78 Å². The first-order chi connectivity index (χ1) is 11.2. The van der Waals surface area contributed by atoms with Crippen LogP contribution in [0, 0.1) is 0 Å². The van der Waals surface area contributed by atoms with Crippen molar-refractivity contribution in [3.8, 4) is 11.1 Å². The van der Waals surface area contributed by atoms with Crippen LogP contribution in [0.2, 0.25) is 0 Å². The fraction of sp³-hybridized carbons (Fsp3) is 0. The molecule has 0 spiro atoms. The number of halogens is 1. The fourth-order valence-electron chi connectivity index (χ4n) is 2.22. The van der Waals surface area contributed by atoms with Gasteiger partial charge in [0.05, 0.1) is 0 Å². The third-order valence-corrected chi connectivity index (χ3v) is 3.85. The molecule has 0 saturated heterocycles. The highest BCUT2D eigenvalue weighted by Gasteiger charge is 2.03. The molecule has 0 aliphatic carbocycles. The zero-order valence-electron chi connectivity index (χ0n) is 12.3. The highest BCUT2D eigenvalue weighted by Crippen LogP contribution is 2.19. The Hall–Kier alpha value is -2.52. The number of nitrogens with zero attached hydrogens (tertiary/aromatic N) is 1. The lowest BCUT2D eigenvalue weighted by atomic mass is 10.0. The van der Waals surface area contributed by atoms with E-state index in [-0.39, 0.29) is 5.78 Å². The van der Waals surface area contributed by atoms with E-state index in [1.165, 1.54) is 5.56 Å². The van der Waals surface area contributed by atoms with E-state index in [2.05, 4.69) is 45.2 Å². The summed E-state index contributed by atoms with van der Waals surface area (Å²) in [6.07, 6.45) is 3.35. The normalized spacial score (nSPS) is 10.8. The van der Waals surface area contributed by atoms with E-state index in [4.69, 9.17) is 0 Å². The monoisotopic (exact) mass is 363 g/mol. The van der Waals surface area contributed by atoms with Crippen molar-refractivity contribution in [2.45, 2.75) is 0 Å². The summed E-state index contributed by atoms with van der Waals surface area (Å²) in [5.74, 6) is -0.113. The van der Waals surface area contributed by atoms with Crippen LogP contribution in [0.4, 0.5) is 0 Å². The van der Waals surface area contributed by atoms with Crippen molar-refractivity contribution in [2.24, 2.45) is 0 Å². The van der Waals surface area contributed by atoms with Gasteiger partial charge in [-0.2, -0.15) is 0 Å². The highest BCUT2D eigenvalue weighted by molar-refractivity contribution is 9.10. The summed E-state index contributed by atoms with van der Waals surface area (Å²) in [5.41, 5.74) is 3.74. The molecular weight excluding hydrogens is 350 g/mol. The third-order valence-electron chi connectivity index (χ3n) is 3.41. The summed E-state index contributed by atoms with van der Waals surface area (Å²) in [5, 5.41) is 0. The van der Waals surface area contributed by atoms with E-state index in [9.17, 15) is 4.79 Å². The second kappa shape index (κ2) is 7.16. The minimum atomic E-state index is -0.113. The van der Waals surface area contributed by atoms with Crippen LogP contribution in [-0.4, -0.2) is 10.8 Å². The SMILES string of the molecule is O=C(/C=C/c1ccc(-c2ccccc2)cc1)c1cccc(Br)n1. The van der Waals surface area contributed by atoms with Crippen LogP contribution < -0.4 is 0 Å². The number of hydrogen-bond acceptors (Lipinski definition) is 2. The summed E-state index contributed by atoms with van der Waals surface area (Å²) in [4.78, 5) is 16.2. The van der Waals surface area contributed by atoms with Gasteiger partial charge in [0.25, 0.3) is 0 Å². The van der Waals surface area contributed by atoms with E-state index < -0.39 is 0 Å². The van der Waals surface area contributed by atoms with Crippen molar-refractivity contribution in [1.82, 2.24) is 4.98 Å². The highest BCUT2D eigenvalue weighted by atomic mass is 79.9. The van der Waals surface area contributed by atoms with E-state index in [1.807, 2.05) is 30.3 Å². The number of allylic oxidation sites excluding steroid dienone is 1. The largest absolute Gasteiger partial charge is 0.288 e.